The Balaban J connectivity index is 0.000000791. The fraction of sp³-hybridized carbons (Fsp3) is 0.571. The Morgan fingerprint density at radius 1 is 0.929 bits per heavy atom. The Morgan fingerprint density at radius 2 is 1.43 bits per heavy atom. The summed E-state index contributed by atoms with van der Waals surface area (Å²) in [5.74, 6) is 1.57. The first-order valence-corrected chi connectivity index (χ1v) is 5.74. The first-order chi connectivity index (χ1) is 6.70. The van der Waals surface area contributed by atoms with Crippen LogP contribution in [0, 0.1) is 11.8 Å². The lowest BCUT2D eigenvalue weighted by molar-refractivity contribution is 0.417. The highest BCUT2D eigenvalue weighted by Gasteiger charge is 2.06. The summed E-state index contributed by atoms with van der Waals surface area (Å²) in [6.07, 6.45) is 1.21. The third-order valence-corrected chi connectivity index (χ3v) is 2.54. The SMILES string of the molecule is CC.CC(C)C(C)Cc1ccccc1. The molecule has 80 valence electrons. The van der Waals surface area contributed by atoms with Crippen LogP contribution in [0.4, 0.5) is 0 Å². The van der Waals surface area contributed by atoms with E-state index in [-0.39, 0.29) is 0 Å². The summed E-state index contributed by atoms with van der Waals surface area (Å²) in [6.45, 7) is 10.9. The summed E-state index contributed by atoms with van der Waals surface area (Å²) < 4.78 is 0. The van der Waals surface area contributed by atoms with Gasteiger partial charge in [-0.2, -0.15) is 0 Å². The monoisotopic (exact) mass is 192 g/mol. The molecule has 0 amide bonds. The maximum absolute atomic E-state index is 2.32. The predicted molar refractivity (Wildman–Crippen MR) is 65.5 cm³/mol. The zero-order valence-electron chi connectivity index (χ0n) is 10.2. The molecule has 1 aromatic carbocycles. The summed E-state index contributed by atoms with van der Waals surface area (Å²) in [7, 11) is 0. The van der Waals surface area contributed by atoms with Crippen molar-refractivity contribution in [2.75, 3.05) is 0 Å². The van der Waals surface area contributed by atoms with Crippen molar-refractivity contribution in [1.82, 2.24) is 0 Å². The summed E-state index contributed by atoms with van der Waals surface area (Å²) >= 11 is 0. The average Bonchev–Trinajstić information content (AvgIpc) is 2.22. The zero-order chi connectivity index (χ0) is 11.0. The quantitative estimate of drug-likeness (QED) is 0.659. The summed E-state index contributed by atoms with van der Waals surface area (Å²) in [4.78, 5) is 0. The van der Waals surface area contributed by atoms with Crippen LogP contribution < -0.4 is 0 Å². The van der Waals surface area contributed by atoms with Crippen molar-refractivity contribution in [2.45, 2.75) is 41.0 Å². The van der Waals surface area contributed by atoms with E-state index in [9.17, 15) is 0 Å². The molecule has 1 atom stereocenters. The van der Waals surface area contributed by atoms with Gasteiger partial charge < -0.3 is 0 Å². The molecular weight excluding hydrogens is 168 g/mol. The van der Waals surface area contributed by atoms with Gasteiger partial charge in [0.05, 0.1) is 0 Å². The van der Waals surface area contributed by atoms with Crippen molar-refractivity contribution in [3.05, 3.63) is 35.9 Å². The molecule has 0 aromatic heterocycles. The van der Waals surface area contributed by atoms with Crippen molar-refractivity contribution in [2.24, 2.45) is 11.8 Å². The highest BCUT2D eigenvalue weighted by molar-refractivity contribution is 5.15. The van der Waals surface area contributed by atoms with E-state index in [1.807, 2.05) is 13.8 Å². The van der Waals surface area contributed by atoms with E-state index in [4.69, 9.17) is 0 Å². The highest BCUT2D eigenvalue weighted by Crippen LogP contribution is 2.15. The molecule has 0 aliphatic heterocycles. The van der Waals surface area contributed by atoms with Gasteiger partial charge in [0.15, 0.2) is 0 Å². The lowest BCUT2D eigenvalue weighted by atomic mass is 9.91. The van der Waals surface area contributed by atoms with E-state index in [2.05, 4.69) is 51.1 Å². The molecule has 1 rings (SSSR count). The molecule has 0 saturated heterocycles. The molecule has 0 heterocycles. The minimum Gasteiger partial charge on any atom is -0.0683 e. The van der Waals surface area contributed by atoms with Crippen molar-refractivity contribution in [3.8, 4) is 0 Å². The number of hydrogen-bond acceptors (Lipinski definition) is 0. The Morgan fingerprint density at radius 3 is 1.86 bits per heavy atom. The van der Waals surface area contributed by atoms with Crippen LogP contribution in [-0.4, -0.2) is 0 Å². The van der Waals surface area contributed by atoms with E-state index >= 15 is 0 Å². The van der Waals surface area contributed by atoms with E-state index in [1.54, 1.807) is 0 Å². The van der Waals surface area contributed by atoms with Gasteiger partial charge >= 0.3 is 0 Å². The summed E-state index contributed by atoms with van der Waals surface area (Å²) in [5, 5.41) is 0. The van der Waals surface area contributed by atoms with Crippen LogP contribution in [0.25, 0.3) is 0 Å². The van der Waals surface area contributed by atoms with Gasteiger partial charge in [0, 0.05) is 0 Å². The molecule has 0 saturated carbocycles. The van der Waals surface area contributed by atoms with Crippen LogP contribution in [0.1, 0.15) is 40.2 Å². The molecule has 0 heteroatoms. The molecule has 0 aliphatic carbocycles. The molecule has 1 aromatic rings. The second kappa shape index (κ2) is 7.61. The molecule has 0 radical (unpaired) electrons. The smallest absolute Gasteiger partial charge is 0.0251 e. The van der Waals surface area contributed by atoms with Crippen molar-refractivity contribution >= 4 is 0 Å². The van der Waals surface area contributed by atoms with Crippen LogP contribution in [0.2, 0.25) is 0 Å². The van der Waals surface area contributed by atoms with E-state index < -0.39 is 0 Å². The molecule has 14 heavy (non-hydrogen) atoms. The summed E-state index contributed by atoms with van der Waals surface area (Å²) in [5.41, 5.74) is 1.46. The lowest BCUT2D eigenvalue weighted by Gasteiger charge is -2.14. The predicted octanol–water partition coefficient (Wildman–Crippen LogP) is 4.55. The molecular formula is C14H24. The van der Waals surface area contributed by atoms with Gasteiger partial charge in [-0.25, -0.2) is 0 Å². The molecule has 0 nitrogen and oxygen atoms in total. The Hall–Kier alpha value is -0.780. The molecule has 0 N–H and O–H groups in total. The zero-order valence-corrected chi connectivity index (χ0v) is 10.2. The van der Waals surface area contributed by atoms with Gasteiger partial charge in [-0.15, -0.1) is 0 Å². The van der Waals surface area contributed by atoms with E-state index in [0.717, 1.165) is 11.8 Å². The van der Waals surface area contributed by atoms with Crippen molar-refractivity contribution in [1.29, 1.82) is 0 Å². The number of benzene rings is 1. The van der Waals surface area contributed by atoms with Gasteiger partial charge in [0.25, 0.3) is 0 Å². The van der Waals surface area contributed by atoms with Gasteiger partial charge in [-0.3, -0.25) is 0 Å². The second-order valence-electron chi connectivity index (χ2n) is 3.91. The normalized spacial score (nSPS) is 11.9. The van der Waals surface area contributed by atoms with Crippen molar-refractivity contribution < 1.29 is 0 Å². The standard InChI is InChI=1S/C12H18.C2H6/c1-10(2)11(3)9-12-7-5-4-6-8-12;1-2/h4-8,10-11H,9H2,1-3H3;1-2H3. The molecule has 0 aliphatic rings. The molecule has 1 unspecified atom stereocenters. The van der Waals surface area contributed by atoms with Gasteiger partial charge in [0.2, 0.25) is 0 Å². The van der Waals surface area contributed by atoms with E-state index in [0.29, 0.717) is 0 Å². The van der Waals surface area contributed by atoms with Crippen LogP contribution >= 0.6 is 0 Å². The first-order valence-electron chi connectivity index (χ1n) is 5.74. The molecule has 0 fully saturated rings. The molecule has 0 bridgehead atoms. The number of rotatable bonds is 3. The van der Waals surface area contributed by atoms with Crippen molar-refractivity contribution in [3.63, 3.8) is 0 Å². The minimum atomic E-state index is 0.783. The van der Waals surface area contributed by atoms with Crippen LogP contribution in [0.5, 0.6) is 0 Å². The van der Waals surface area contributed by atoms with Crippen LogP contribution in [0.3, 0.4) is 0 Å². The fourth-order valence-electron chi connectivity index (χ4n) is 1.22. The first kappa shape index (κ1) is 13.2. The molecule has 0 spiro atoms. The van der Waals surface area contributed by atoms with Crippen LogP contribution in [0.15, 0.2) is 30.3 Å². The summed E-state index contributed by atoms with van der Waals surface area (Å²) in [6, 6.07) is 10.7. The Bertz CT molecular complexity index is 211. The second-order valence-corrected chi connectivity index (χ2v) is 3.91. The fourth-order valence-corrected chi connectivity index (χ4v) is 1.22. The third kappa shape index (κ3) is 5.06. The van der Waals surface area contributed by atoms with E-state index in [1.165, 1.54) is 12.0 Å². The Kier molecular flexibility index (Phi) is 7.18. The average molecular weight is 192 g/mol. The maximum Gasteiger partial charge on any atom is -0.0251 e. The largest absolute Gasteiger partial charge is 0.0683 e. The topological polar surface area (TPSA) is 0 Å². The highest BCUT2D eigenvalue weighted by atomic mass is 14.1. The van der Waals surface area contributed by atoms with Gasteiger partial charge in [-0.1, -0.05) is 65.0 Å². The third-order valence-electron chi connectivity index (χ3n) is 2.54. The Labute approximate surface area is 89.4 Å². The van der Waals surface area contributed by atoms with Crippen LogP contribution in [-0.2, 0) is 6.42 Å². The van der Waals surface area contributed by atoms with Gasteiger partial charge in [-0.05, 0) is 23.8 Å². The minimum absolute atomic E-state index is 0.783. The maximum atomic E-state index is 2.32. The van der Waals surface area contributed by atoms with Gasteiger partial charge in [0.1, 0.15) is 0 Å². The number of hydrogen-bond donors (Lipinski definition) is 0. The lowest BCUT2D eigenvalue weighted by Crippen LogP contribution is -2.06.